The van der Waals surface area contributed by atoms with E-state index in [1.54, 1.807) is 0 Å². The second-order valence-corrected chi connectivity index (χ2v) is 5.33. The fourth-order valence-corrected chi connectivity index (χ4v) is 2.62. The molecular weight excluding hydrogens is 252 g/mol. The van der Waals surface area contributed by atoms with E-state index in [4.69, 9.17) is 11.5 Å². The Morgan fingerprint density at radius 2 is 1.89 bits per heavy atom. The highest BCUT2D eigenvalue weighted by Gasteiger charge is 2.62. The fourth-order valence-electron chi connectivity index (χ4n) is 2.62. The average molecular weight is 267 g/mol. The predicted octanol–water partition coefficient (Wildman–Crippen LogP) is 1.50. The number of carbonyl (C=O) groups is 1. The molecule has 1 saturated carbocycles. The first-order chi connectivity index (χ1) is 8.75. The molecule has 1 aliphatic rings. The molecule has 2 rings (SSSR count). The van der Waals surface area contributed by atoms with Gasteiger partial charge in [0, 0.05) is 5.92 Å². The molecule has 19 heavy (non-hydrogen) atoms. The van der Waals surface area contributed by atoms with Gasteiger partial charge in [0.1, 0.15) is 0 Å². The number of carbonyl (C=O) groups excluding carboxylic acids is 1. The summed E-state index contributed by atoms with van der Waals surface area (Å²) in [4.78, 5) is 15.4. The van der Waals surface area contributed by atoms with Crippen LogP contribution in [0.4, 0.5) is 8.78 Å². The Balaban J connectivity index is 2.29. The second-order valence-electron chi connectivity index (χ2n) is 5.33. The lowest BCUT2D eigenvalue weighted by atomic mass is 10.0. The molecule has 1 aromatic carbocycles. The van der Waals surface area contributed by atoms with E-state index < -0.39 is 23.5 Å². The minimum Gasteiger partial charge on any atom is -0.370 e. The fraction of sp³-hybridized carbons (Fsp3) is 0.385. The van der Waals surface area contributed by atoms with Crippen LogP contribution < -0.4 is 11.5 Å². The van der Waals surface area contributed by atoms with Gasteiger partial charge in [-0.15, -0.1) is 0 Å². The van der Waals surface area contributed by atoms with Crippen molar-refractivity contribution < 1.29 is 13.6 Å². The largest absolute Gasteiger partial charge is 0.370 e. The van der Waals surface area contributed by atoms with Crippen LogP contribution in [0.3, 0.4) is 0 Å². The molecule has 4 nitrogen and oxygen atoms in total. The lowest BCUT2D eigenvalue weighted by Gasteiger charge is -2.03. The molecule has 2 atom stereocenters. The van der Waals surface area contributed by atoms with Gasteiger partial charge in [0.25, 0.3) is 5.91 Å². The van der Waals surface area contributed by atoms with Crippen molar-refractivity contribution in [2.24, 2.45) is 27.8 Å². The Morgan fingerprint density at radius 3 is 2.42 bits per heavy atom. The number of nitrogens with two attached hydrogens (primary N) is 2. The van der Waals surface area contributed by atoms with Crippen LogP contribution in [0, 0.1) is 23.0 Å². The molecular formula is C13H15F2N3O. The molecule has 0 radical (unpaired) electrons. The second kappa shape index (κ2) is 4.29. The van der Waals surface area contributed by atoms with Gasteiger partial charge in [-0.1, -0.05) is 19.9 Å². The summed E-state index contributed by atoms with van der Waals surface area (Å²) < 4.78 is 26.1. The molecule has 1 amide bonds. The molecule has 1 aliphatic carbocycles. The summed E-state index contributed by atoms with van der Waals surface area (Å²) in [5.74, 6) is -3.18. The number of hydrogen-bond donors (Lipinski definition) is 2. The normalized spacial score (nSPS) is 23.8. The van der Waals surface area contributed by atoms with Gasteiger partial charge in [0.15, 0.2) is 17.6 Å². The van der Waals surface area contributed by atoms with Crippen molar-refractivity contribution in [3.05, 3.63) is 35.4 Å². The van der Waals surface area contributed by atoms with E-state index in [0.29, 0.717) is 5.56 Å². The molecule has 0 saturated heterocycles. The predicted molar refractivity (Wildman–Crippen MR) is 67.2 cm³/mol. The van der Waals surface area contributed by atoms with Gasteiger partial charge in [-0.25, -0.2) is 8.78 Å². The third kappa shape index (κ3) is 2.30. The first-order valence-electron chi connectivity index (χ1n) is 5.83. The molecule has 0 aliphatic heterocycles. The topological polar surface area (TPSA) is 81.5 Å². The van der Waals surface area contributed by atoms with Crippen LogP contribution in [0.5, 0.6) is 0 Å². The van der Waals surface area contributed by atoms with Crippen LogP contribution in [0.25, 0.3) is 0 Å². The Bertz CT molecular complexity index is 565. The zero-order valence-electron chi connectivity index (χ0n) is 10.7. The van der Waals surface area contributed by atoms with Gasteiger partial charge in [0.2, 0.25) is 0 Å². The van der Waals surface area contributed by atoms with Crippen molar-refractivity contribution >= 4 is 11.9 Å². The average Bonchev–Trinajstić information content (AvgIpc) is 2.85. The summed E-state index contributed by atoms with van der Waals surface area (Å²) >= 11 is 0. The van der Waals surface area contributed by atoms with Crippen LogP contribution >= 0.6 is 0 Å². The van der Waals surface area contributed by atoms with E-state index >= 15 is 0 Å². The number of rotatable bonds is 2. The van der Waals surface area contributed by atoms with Gasteiger partial charge in [0.05, 0.1) is 5.92 Å². The van der Waals surface area contributed by atoms with Crippen molar-refractivity contribution in [1.29, 1.82) is 0 Å². The van der Waals surface area contributed by atoms with Crippen molar-refractivity contribution in [2.45, 2.75) is 19.8 Å². The Hall–Kier alpha value is -1.98. The van der Waals surface area contributed by atoms with E-state index in [1.165, 1.54) is 6.07 Å². The minimum absolute atomic E-state index is 0.210. The van der Waals surface area contributed by atoms with E-state index in [9.17, 15) is 13.6 Å². The van der Waals surface area contributed by atoms with Gasteiger partial charge in [-0.2, -0.15) is 4.99 Å². The highest BCUT2D eigenvalue weighted by molar-refractivity contribution is 5.95. The number of amides is 1. The molecule has 4 N–H and O–H groups in total. The van der Waals surface area contributed by atoms with Crippen molar-refractivity contribution in [2.75, 3.05) is 0 Å². The SMILES string of the molecule is CC1(C)C(C(=O)N=C(N)N)C1c1ccc(F)c(F)c1. The van der Waals surface area contributed by atoms with Crippen LogP contribution in [-0.4, -0.2) is 11.9 Å². The van der Waals surface area contributed by atoms with Gasteiger partial charge in [-0.05, 0) is 23.1 Å². The number of aliphatic imine (C=N–C) groups is 1. The highest BCUT2D eigenvalue weighted by Crippen LogP contribution is 2.64. The third-order valence-corrected chi connectivity index (χ3v) is 3.64. The summed E-state index contributed by atoms with van der Waals surface area (Å²) in [6, 6.07) is 3.65. The smallest absolute Gasteiger partial charge is 0.253 e. The maximum absolute atomic E-state index is 13.2. The summed E-state index contributed by atoms with van der Waals surface area (Å²) in [5.41, 5.74) is 10.5. The highest BCUT2D eigenvalue weighted by atomic mass is 19.2. The molecule has 0 aromatic heterocycles. The summed E-state index contributed by atoms with van der Waals surface area (Å²) in [6.07, 6.45) is 0. The van der Waals surface area contributed by atoms with Crippen molar-refractivity contribution in [1.82, 2.24) is 0 Å². The Kier molecular flexibility index (Phi) is 3.04. The quantitative estimate of drug-likeness (QED) is 0.629. The first-order valence-corrected chi connectivity index (χ1v) is 5.83. The van der Waals surface area contributed by atoms with Gasteiger partial charge < -0.3 is 11.5 Å². The maximum Gasteiger partial charge on any atom is 0.253 e. The summed E-state index contributed by atoms with van der Waals surface area (Å²) in [5, 5.41) is 0. The molecule has 0 bridgehead atoms. The van der Waals surface area contributed by atoms with E-state index in [1.807, 2.05) is 13.8 Å². The molecule has 2 unspecified atom stereocenters. The zero-order valence-corrected chi connectivity index (χ0v) is 10.7. The molecule has 0 heterocycles. The molecule has 6 heteroatoms. The molecule has 1 fully saturated rings. The van der Waals surface area contributed by atoms with Gasteiger partial charge in [-0.3, -0.25) is 4.79 Å². The standard InChI is InChI=1S/C13H15F2N3O/c1-13(2)9(10(13)11(19)18-12(16)17)6-3-4-7(14)8(15)5-6/h3-5,9-10H,1-2H3,(H4,16,17,18,19). The third-order valence-electron chi connectivity index (χ3n) is 3.64. The van der Waals surface area contributed by atoms with E-state index in [2.05, 4.69) is 4.99 Å². The lowest BCUT2D eigenvalue weighted by Crippen LogP contribution is -2.25. The summed E-state index contributed by atoms with van der Waals surface area (Å²) in [7, 11) is 0. The number of benzene rings is 1. The number of halogens is 2. The minimum atomic E-state index is -0.923. The summed E-state index contributed by atoms with van der Waals surface area (Å²) in [6.45, 7) is 3.73. The number of guanidine groups is 1. The van der Waals surface area contributed by atoms with Gasteiger partial charge >= 0.3 is 0 Å². The Morgan fingerprint density at radius 1 is 1.26 bits per heavy atom. The van der Waals surface area contributed by atoms with E-state index in [-0.39, 0.29) is 17.3 Å². The number of nitrogens with zero attached hydrogens (tertiary/aromatic N) is 1. The van der Waals surface area contributed by atoms with Crippen molar-refractivity contribution in [3.63, 3.8) is 0 Å². The maximum atomic E-state index is 13.2. The van der Waals surface area contributed by atoms with Crippen LogP contribution in [0.1, 0.15) is 25.3 Å². The molecule has 1 aromatic rings. The lowest BCUT2D eigenvalue weighted by molar-refractivity contribution is -0.119. The molecule has 102 valence electrons. The van der Waals surface area contributed by atoms with Crippen LogP contribution in [-0.2, 0) is 4.79 Å². The van der Waals surface area contributed by atoms with E-state index in [0.717, 1.165) is 12.1 Å². The first kappa shape index (κ1) is 13.5. The Labute approximate surface area is 109 Å². The molecule has 0 spiro atoms. The zero-order chi connectivity index (χ0) is 14.4. The van der Waals surface area contributed by atoms with Crippen molar-refractivity contribution in [3.8, 4) is 0 Å². The number of hydrogen-bond acceptors (Lipinski definition) is 1. The van der Waals surface area contributed by atoms with Crippen LogP contribution in [0.15, 0.2) is 23.2 Å². The monoisotopic (exact) mass is 267 g/mol. The van der Waals surface area contributed by atoms with Crippen LogP contribution in [0.2, 0.25) is 0 Å².